The van der Waals surface area contributed by atoms with E-state index in [2.05, 4.69) is 17.4 Å². The molecule has 1 atom stereocenters. The van der Waals surface area contributed by atoms with E-state index in [0.717, 1.165) is 65.1 Å². The lowest BCUT2D eigenvalue weighted by molar-refractivity contribution is -0.137. The van der Waals surface area contributed by atoms with Gasteiger partial charge in [0, 0.05) is 35.8 Å². The Bertz CT molecular complexity index is 1350. The van der Waals surface area contributed by atoms with Crippen LogP contribution >= 0.6 is 0 Å². The Morgan fingerprint density at radius 1 is 1.14 bits per heavy atom. The minimum absolute atomic E-state index is 0.0293. The van der Waals surface area contributed by atoms with Crippen LogP contribution in [0.4, 0.5) is 5.69 Å². The molecular weight excluding hydrogens is 442 g/mol. The molecule has 0 saturated heterocycles. The van der Waals surface area contributed by atoms with Crippen LogP contribution in [0.25, 0.3) is 10.9 Å². The van der Waals surface area contributed by atoms with Gasteiger partial charge in [-0.1, -0.05) is 12.1 Å². The number of hydrogen-bond donors (Lipinski definition) is 2. The molecule has 2 aromatic heterocycles. The standard InChI is InChI=1S/C28H29N3O4/c1-34-22-5-2-4-19(16-22)27(18-28(32)33)31-14-11-20-17-23(8-10-26(20)31)35-15-12-21-7-9-24-25(30-21)6-3-13-29-24/h2,4-5,7-11,14,16-17,27,29H,3,6,12-13,15,18H2,1H3,(H,32,33). The van der Waals surface area contributed by atoms with Gasteiger partial charge in [0.1, 0.15) is 11.5 Å². The summed E-state index contributed by atoms with van der Waals surface area (Å²) in [6.07, 6.45) is 4.78. The number of aliphatic carboxylic acids is 1. The SMILES string of the molecule is COc1cccc(C(CC(=O)O)n2ccc3cc(OCCc4ccc5c(n4)CCCN5)ccc32)c1. The average molecular weight is 472 g/mol. The first-order chi connectivity index (χ1) is 17.1. The summed E-state index contributed by atoms with van der Waals surface area (Å²) in [5, 5.41) is 14.0. The molecule has 7 nitrogen and oxygen atoms in total. The molecule has 0 spiro atoms. The zero-order valence-corrected chi connectivity index (χ0v) is 19.7. The predicted molar refractivity (Wildman–Crippen MR) is 136 cm³/mol. The minimum atomic E-state index is -0.855. The Balaban J connectivity index is 1.32. The Morgan fingerprint density at radius 2 is 2.06 bits per heavy atom. The highest BCUT2D eigenvalue weighted by Crippen LogP contribution is 2.31. The van der Waals surface area contributed by atoms with E-state index in [1.165, 1.54) is 0 Å². The second-order valence-electron chi connectivity index (χ2n) is 8.76. The summed E-state index contributed by atoms with van der Waals surface area (Å²) < 4.78 is 13.4. The zero-order valence-electron chi connectivity index (χ0n) is 19.7. The Kier molecular flexibility index (Phi) is 6.57. The predicted octanol–water partition coefficient (Wildman–Crippen LogP) is 5.09. The van der Waals surface area contributed by atoms with Crippen LogP contribution in [-0.2, 0) is 17.6 Å². The van der Waals surface area contributed by atoms with Gasteiger partial charge >= 0.3 is 5.97 Å². The van der Waals surface area contributed by atoms with Crippen molar-refractivity contribution >= 4 is 22.6 Å². The van der Waals surface area contributed by atoms with E-state index in [9.17, 15) is 9.90 Å². The van der Waals surface area contributed by atoms with Crippen molar-refractivity contribution < 1.29 is 19.4 Å². The van der Waals surface area contributed by atoms with Gasteiger partial charge in [0.15, 0.2) is 0 Å². The van der Waals surface area contributed by atoms with Crippen LogP contribution in [0.2, 0.25) is 0 Å². The quantitative estimate of drug-likeness (QED) is 0.354. The van der Waals surface area contributed by atoms with Crippen LogP contribution < -0.4 is 14.8 Å². The maximum Gasteiger partial charge on any atom is 0.305 e. The van der Waals surface area contributed by atoms with Gasteiger partial charge in [0.05, 0.1) is 37.6 Å². The first-order valence-corrected chi connectivity index (χ1v) is 11.9. The number of fused-ring (bicyclic) bond motifs is 2. The first kappa shape index (κ1) is 22.8. The highest BCUT2D eigenvalue weighted by atomic mass is 16.5. The van der Waals surface area contributed by atoms with Gasteiger partial charge in [-0.3, -0.25) is 9.78 Å². The number of pyridine rings is 1. The molecule has 2 N–H and O–H groups in total. The molecule has 0 bridgehead atoms. The number of aromatic nitrogens is 2. The number of hydrogen-bond acceptors (Lipinski definition) is 5. The highest BCUT2D eigenvalue weighted by Gasteiger charge is 2.20. The first-order valence-electron chi connectivity index (χ1n) is 11.9. The third kappa shape index (κ3) is 5.09. The van der Waals surface area contributed by atoms with Crippen LogP contribution in [0, 0.1) is 0 Å². The van der Waals surface area contributed by atoms with Crippen LogP contribution in [0.5, 0.6) is 11.5 Å². The summed E-state index contributed by atoms with van der Waals surface area (Å²) in [7, 11) is 1.61. The number of nitrogens with zero attached hydrogens (tertiary/aromatic N) is 2. The van der Waals surface area contributed by atoms with E-state index in [4.69, 9.17) is 14.5 Å². The van der Waals surface area contributed by atoms with Crippen LogP contribution in [0.3, 0.4) is 0 Å². The van der Waals surface area contributed by atoms with Crippen molar-refractivity contribution in [3.05, 3.63) is 83.8 Å². The fraction of sp³-hybridized carbons (Fsp3) is 0.286. The number of ether oxygens (including phenoxy) is 2. The van der Waals surface area contributed by atoms with E-state index in [0.29, 0.717) is 12.4 Å². The van der Waals surface area contributed by atoms with Crippen molar-refractivity contribution in [2.75, 3.05) is 25.6 Å². The number of nitrogens with one attached hydrogen (secondary N) is 1. The number of anilines is 1. The molecular formula is C28H29N3O4. The number of aryl methyl sites for hydroxylation is 1. The van der Waals surface area contributed by atoms with E-state index in [1.54, 1.807) is 7.11 Å². The van der Waals surface area contributed by atoms with Crippen molar-refractivity contribution in [2.45, 2.75) is 31.7 Å². The maximum atomic E-state index is 11.7. The minimum Gasteiger partial charge on any atom is -0.497 e. The summed E-state index contributed by atoms with van der Waals surface area (Å²) in [6, 6.07) is 19.3. The summed E-state index contributed by atoms with van der Waals surface area (Å²) in [5.74, 6) is 0.631. The monoisotopic (exact) mass is 471 g/mol. The molecule has 7 heteroatoms. The van der Waals surface area contributed by atoms with Gasteiger partial charge in [0.2, 0.25) is 0 Å². The average Bonchev–Trinajstić information content (AvgIpc) is 3.30. The topological polar surface area (TPSA) is 85.6 Å². The van der Waals surface area contributed by atoms with Gasteiger partial charge in [-0.25, -0.2) is 0 Å². The Labute approximate surface area is 204 Å². The van der Waals surface area contributed by atoms with E-state index in [1.807, 2.05) is 59.3 Å². The fourth-order valence-corrected chi connectivity index (χ4v) is 4.68. The van der Waals surface area contributed by atoms with E-state index >= 15 is 0 Å². The van der Waals surface area contributed by atoms with Crippen LogP contribution in [0.15, 0.2) is 66.9 Å². The largest absolute Gasteiger partial charge is 0.497 e. The van der Waals surface area contributed by atoms with Crippen LogP contribution in [0.1, 0.15) is 35.8 Å². The smallest absolute Gasteiger partial charge is 0.305 e. The lowest BCUT2D eigenvalue weighted by Gasteiger charge is -2.20. The summed E-state index contributed by atoms with van der Waals surface area (Å²) in [5.41, 5.74) is 5.16. The van der Waals surface area contributed by atoms with Gasteiger partial charge in [-0.15, -0.1) is 0 Å². The normalized spacial score (nSPS) is 13.6. The molecule has 0 radical (unpaired) electrons. The fourth-order valence-electron chi connectivity index (χ4n) is 4.68. The van der Waals surface area contributed by atoms with Gasteiger partial charge in [-0.2, -0.15) is 0 Å². The van der Waals surface area contributed by atoms with Crippen molar-refractivity contribution in [2.24, 2.45) is 0 Å². The summed E-state index contributed by atoms with van der Waals surface area (Å²) in [4.78, 5) is 16.4. The Morgan fingerprint density at radius 3 is 2.91 bits per heavy atom. The molecule has 4 aromatic rings. The van der Waals surface area contributed by atoms with E-state index < -0.39 is 5.97 Å². The number of carboxylic acids is 1. The molecule has 1 aliphatic rings. The number of methoxy groups -OCH3 is 1. The molecule has 180 valence electrons. The second kappa shape index (κ2) is 10.1. The van der Waals surface area contributed by atoms with Crippen molar-refractivity contribution in [3.8, 4) is 11.5 Å². The lowest BCUT2D eigenvalue weighted by Crippen LogP contribution is -2.14. The maximum absolute atomic E-state index is 11.7. The van der Waals surface area contributed by atoms with Gasteiger partial charge < -0.3 is 24.5 Å². The highest BCUT2D eigenvalue weighted by molar-refractivity contribution is 5.82. The third-order valence-corrected chi connectivity index (χ3v) is 6.44. The second-order valence-corrected chi connectivity index (χ2v) is 8.76. The zero-order chi connectivity index (χ0) is 24.2. The molecule has 0 fully saturated rings. The lowest BCUT2D eigenvalue weighted by atomic mass is 10.0. The number of carboxylic acid groups (broad SMARTS) is 1. The molecule has 1 unspecified atom stereocenters. The van der Waals surface area contributed by atoms with Gasteiger partial charge in [-0.05, 0) is 66.9 Å². The molecule has 0 saturated carbocycles. The Hall–Kier alpha value is -4.00. The number of rotatable bonds is 9. The molecule has 5 rings (SSSR count). The number of carbonyl (C=O) groups is 1. The van der Waals surface area contributed by atoms with Crippen LogP contribution in [-0.4, -0.2) is 40.9 Å². The molecule has 2 aromatic carbocycles. The van der Waals surface area contributed by atoms with Gasteiger partial charge in [0.25, 0.3) is 0 Å². The molecule has 0 amide bonds. The molecule has 0 aliphatic carbocycles. The molecule has 3 heterocycles. The number of benzene rings is 2. The molecule has 35 heavy (non-hydrogen) atoms. The van der Waals surface area contributed by atoms with E-state index in [-0.39, 0.29) is 12.5 Å². The van der Waals surface area contributed by atoms with Crippen molar-refractivity contribution in [1.29, 1.82) is 0 Å². The molecule has 1 aliphatic heterocycles. The van der Waals surface area contributed by atoms with Crippen molar-refractivity contribution in [3.63, 3.8) is 0 Å². The summed E-state index contributed by atoms with van der Waals surface area (Å²) in [6.45, 7) is 1.55. The third-order valence-electron chi connectivity index (χ3n) is 6.44. The summed E-state index contributed by atoms with van der Waals surface area (Å²) >= 11 is 0. The van der Waals surface area contributed by atoms with Crippen molar-refractivity contribution in [1.82, 2.24) is 9.55 Å².